The Balaban J connectivity index is 1.15. The number of aliphatic hydroxyl groups is 2. The Morgan fingerprint density at radius 3 is 1.60 bits per heavy atom. The maximum atomic E-state index is 15.8. The molecule has 30 heteroatoms. The van der Waals surface area contributed by atoms with Gasteiger partial charge in [-0.25, -0.2) is 19.2 Å². The average molecular weight is 1180 g/mol. The van der Waals surface area contributed by atoms with Crippen molar-refractivity contribution in [3.05, 3.63) is 92.7 Å². The zero-order valence-corrected chi connectivity index (χ0v) is 42.0. The number of carbonyl (C=O) groups is 6. The van der Waals surface area contributed by atoms with Gasteiger partial charge in [-0.3, -0.25) is 9.59 Å². The first-order valence-electron chi connectivity index (χ1n) is 24.8. The Kier molecular flexibility index (Phi) is 10.9. The molecule has 0 aromatic heterocycles. The van der Waals surface area contributed by atoms with Crippen LogP contribution in [-0.2, 0) is 39.7 Å². The molecule has 85 heavy (non-hydrogen) atoms. The normalized spacial score (nSPS) is 25.0. The van der Waals surface area contributed by atoms with Crippen LogP contribution < -0.4 is 9.47 Å². The first kappa shape index (κ1) is 52.8. The fourth-order valence-corrected chi connectivity index (χ4v) is 12.4. The molecule has 0 saturated carbocycles. The molecular weight excluding hydrogens is 1140 g/mol. The van der Waals surface area contributed by atoms with Crippen molar-refractivity contribution in [3.63, 3.8) is 0 Å². The first-order chi connectivity index (χ1) is 40.2. The number of esters is 5. The lowest BCUT2D eigenvalue weighted by Gasteiger charge is -2.47. The molecule has 0 radical (unpaired) electrons. The maximum Gasteiger partial charge on any atom is 0.340 e. The van der Waals surface area contributed by atoms with Gasteiger partial charge in [-0.2, -0.15) is 0 Å². The van der Waals surface area contributed by atoms with E-state index in [0.29, 0.717) is 18.2 Å². The smallest absolute Gasteiger partial charge is 0.340 e. The number of phenols is 15. The van der Waals surface area contributed by atoms with Gasteiger partial charge in [-0.1, -0.05) is 6.07 Å². The molecule has 7 heterocycles. The van der Waals surface area contributed by atoms with Crippen molar-refractivity contribution >= 4 is 41.2 Å². The topological polar surface area (TPSA) is 511 Å². The van der Waals surface area contributed by atoms with E-state index >= 15 is 24.0 Å². The van der Waals surface area contributed by atoms with Crippen LogP contribution in [0.15, 0.2) is 48.2 Å². The van der Waals surface area contributed by atoms with E-state index in [9.17, 15) is 91.6 Å². The first-order valence-corrected chi connectivity index (χ1v) is 24.8. The zero-order chi connectivity index (χ0) is 60.8. The fourth-order valence-electron chi connectivity index (χ4n) is 12.4. The van der Waals surface area contributed by atoms with Gasteiger partial charge in [0.15, 0.2) is 87.7 Å². The summed E-state index contributed by atoms with van der Waals surface area (Å²) in [5.74, 6) is -39.1. The molecule has 17 N–H and O–H groups in total. The number of phenolic OH excluding ortho intramolecular Hbond substituents is 15. The maximum absolute atomic E-state index is 15.8. The number of carbonyl (C=O) groups excluding carboxylic acids is 6. The standard InChI is InChI=1S/C55H36O30/c56-15-2-1-10(3-17(15)58)44-21(62)4-11-16(57)8-22-27(45(11)81-44)32-47-48-46-23(9-79-50(74)12-5-18(59)34(63)37(66)24(12)25-13(52(76)82-46)6-19(60)35(64)38(25)67)80-51(75)14-7-20(61)36(65)39(68)26(14)28-30(53(77)84-48)29(41(70)43(72)40(28)69)31-33(54(78)83-47)55(32,85-22)49(73)42(31)71/h1-3,5-8,21,23,32-33,44,46-48,56-72H,4,9H2/t21-,23+,32+,33?,44+,46+,47-,48-,55?/m0/s1. The number of hydrogen-bond acceptors (Lipinski definition) is 30. The van der Waals surface area contributed by atoms with Gasteiger partial charge < -0.3 is 120 Å². The third kappa shape index (κ3) is 6.83. The minimum absolute atomic E-state index is 0.0522. The Labute approximate surface area is 468 Å². The molecule has 7 aliphatic heterocycles. The summed E-state index contributed by atoms with van der Waals surface area (Å²) in [6.07, 6.45) is -14.9. The van der Waals surface area contributed by atoms with Gasteiger partial charge in [0.2, 0.25) is 34.4 Å². The highest BCUT2D eigenvalue weighted by molar-refractivity contribution is 6.22. The van der Waals surface area contributed by atoms with Crippen LogP contribution in [0.4, 0.5) is 0 Å². The number of benzene rings is 6. The van der Waals surface area contributed by atoms with E-state index in [-0.39, 0.29) is 11.1 Å². The van der Waals surface area contributed by atoms with Gasteiger partial charge in [0, 0.05) is 57.0 Å². The fraction of sp³-hybridized carbons (Fsp3) is 0.200. The molecule has 6 bridgehead atoms. The van der Waals surface area contributed by atoms with Crippen molar-refractivity contribution in [2.75, 3.05) is 6.61 Å². The SMILES string of the molecule is O=C1OC[C@H]2OC(=O)c3cc(O)c(O)c(O)c3-c3c(O)c(O)c(O)c4c3C(=O)O[C@H]([C@H]3OC(=O)C5C4=C(O)C(=O)C54Oc5cc(O)c6c(c5[C@H]34)O[C@H](c3ccc(O)c(O)c3)[C@@H](O)C6)[C@@H]2OC(=O)c2cc(O)c(O)c(O)c2-c2c1cc(O)c(O)c2O. The molecule has 6 aromatic rings. The lowest BCUT2D eigenvalue weighted by molar-refractivity contribution is -0.200. The van der Waals surface area contributed by atoms with Crippen LogP contribution in [0.1, 0.15) is 75.7 Å². The van der Waals surface area contributed by atoms with Crippen molar-refractivity contribution in [1.82, 2.24) is 0 Å². The van der Waals surface area contributed by atoms with Crippen molar-refractivity contribution in [2.45, 2.75) is 54.6 Å². The number of cyclic esters (lactones) is 1. The number of Topliss-reactive ketones (excluding diaryl/α,β-unsaturated/α-hetero) is 1. The number of rotatable bonds is 1. The van der Waals surface area contributed by atoms with Gasteiger partial charge in [-0.15, -0.1) is 0 Å². The third-order valence-corrected chi connectivity index (χ3v) is 16.1. The van der Waals surface area contributed by atoms with Crippen molar-refractivity contribution in [2.24, 2.45) is 5.92 Å². The lowest BCUT2D eigenvalue weighted by atomic mass is 9.66. The Hall–Kier alpha value is -11.6. The molecule has 1 aliphatic carbocycles. The summed E-state index contributed by atoms with van der Waals surface area (Å²) in [7, 11) is 0. The molecule has 1 saturated heterocycles. The van der Waals surface area contributed by atoms with Crippen LogP contribution in [0.3, 0.4) is 0 Å². The molecule has 436 valence electrons. The minimum atomic E-state index is -3.14. The van der Waals surface area contributed by atoms with E-state index in [0.717, 1.165) is 18.2 Å². The van der Waals surface area contributed by atoms with E-state index in [1.54, 1.807) is 0 Å². The second-order valence-corrected chi connectivity index (χ2v) is 20.5. The predicted molar refractivity (Wildman–Crippen MR) is 267 cm³/mol. The van der Waals surface area contributed by atoms with E-state index in [4.69, 9.17) is 33.2 Å². The Morgan fingerprint density at radius 1 is 0.459 bits per heavy atom. The van der Waals surface area contributed by atoms with E-state index in [1.807, 2.05) is 0 Å². The number of aliphatic hydroxyl groups excluding tert-OH is 2. The third-order valence-electron chi connectivity index (χ3n) is 16.1. The number of ketones is 1. The molecular formula is C55H36O30. The summed E-state index contributed by atoms with van der Waals surface area (Å²) < 4.78 is 42.7. The Morgan fingerprint density at radius 2 is 1.00 bits per heavy atom. The van der Waals surface area contributed by atoms with Crippen molar-refractivity contribution in [1.29, 1.82) is 0 Å². The molecule has 30 nitrogen and oxygen atoms in total. The molecule has 6 aromatic carbocycles. The van der Waals surface area contributed by atoms with Crippen molar-refractivity contribution < 1.29 is 149 Å². The van der Waals surface area contributed by atoms with Crippen LogP contribution in [0.5, 0.6) is 97.7 Å². The van der Waals surface area contributed by atoms with Crippen LogP contribution in [-0.4, -0.2) is 165 Å². The highest BCUT2D eigenvalue weighted by Crippen LogP contribution is 2.68. The summed E-state index contributed by atoms with van der Waals surface area (Å²) in [5, 5.41) is 192. The van der Waals surface area contributed by atoms with Crippen LogP contribution in [0.2, 0.25) is 0 Å². The van der Waals surface area contributed by atoms with E-state index < -0.39 is 267 Å². The summed E-state index contributed by atoms with van der Waals surface area (Å²) in [6, 6.07) is 5.15. The monoisotopic (exact) mass is 1180 g/mol. The lowest BCUT2D eigenvalue weighted by Crippen LogP contribution is -2.65. The summed E-state index contributed by atoms with van der Waals surface area (Å²) >= 11 is 0. The zero-order valence-electron chi connectivity index (χ0n) is 42.0. The number of fused-ring (bicyclic) bond motifs is 10. The van der Waals surface area contributed by atoms with Crippen LogP contribution >= 0.6 is 0 Å². The number of hydrogen-bond donors (Lipinski definition) is 17. The second-order valence-electron chi connectivity index (χ2n) is 20.5. The van der Waals surface area contributed by atoms with Crippen LogP contribution in [0, 0.1) is 5.92 Å². The summed E-state index contributed by atoms with van der Waals surface area (Å²) in [6.45, 7) is -1.57. The molecule has 2 unspecified atom stereocenters. The van der Waals surface area contributed by atoms with Gasteiger partial charge in [0.25, 0.3) is 0 Å². The van der Waals surface area contributed by atoms with Crippen LogP contribution in [0.25, 0.3) is 27.8 Å². The molecule has 14 rings (SSSR count). The van der Waals surface area contributed by atoms with E-state index in [1.165, 1.54) is 6.07 Å². The minimum Gasteiger partial charge on any atom is -0.507 e. The molecule has 0 amide bonds. The summed E-state index contributed by atoms with van der Waals surface area (Å²) in [5.41, 5.74) is -16.7. The average Bonchev–Trinajstić information content (AvgIpc) is 1.55. The van der Waals surface area contributed by atoms with Crippen molar-refractivity contribution in [3.8, 4) is 120 Å². The van der Waals surface area contributed by atoms with E-state index in [2.05, 4.69) is 0 Å². The highest BCUT2D eigenvalue weighted by atomic mass is 16.6. The Bertz CT molecular complexity index is 4230. The van der Waals surface area contributed by atoms with Gasteiger partial charge in [0.05, 0.1) is 34.3 Å². The summed E-state index contributed by atoms with van der Waals surface area (Å²) in [4.78, 5) is 91.7. The highest BCUT2D eigenvalue weighted by Gasteiger charge is 2.76. The number of ether oxygens (including phenoxy) is 7. The quantitative estimate of drug-likeness (QED) is 0.0638. The largest absolute Gasteiger partial charge is 0.507 e. The molecule has 1 fully saturated rings. The predicted octanol–water partition coefficient (Wildman–Crippen LogP) is 2.42. The molecule has 9 atom stereocenters. The molecule has 8 aliphatic rings. The van der Waals surface area contributed by atoms with Gasteiger partial charge in [0.1, 0.15) is 35.9 Å². The molecule has 1 spiro atoms. The second kappa shape index (κ2) is 17.5. The van der Waals surface area contributed by atoms with Gasteiger partial charge in [-0.05, 0) is 35.9 Å². The number of aromatic hydroxyl groups is 15. The van der Waals surface area contributed by atoms with Gasteiger partial charge >= 0.3 is 29.8 Å².